The van der Waals surface area contributed by atoms with Gasteiger partial charge in [-0.25, -0.2) is 18.1 Å². The number of anilines is 1. The summed E-state index contributed by atoms with van der Waals surface area (Å²) in [5.74, 6) is 0. The number of nitrogens with zero attached hydrogens (tertiary/aromatic N) is 2. The van der Waals surface area contributed by atoms with Gasteiger partial charge in [0.2, 0.25) is 10.0 Å². The molecule has 2 rings (SSSR count). The van der Waals surface area contributed by atoms with Gasteiger partial charge in [-0.15, -0.1) is 0 Å². The number of hydrogen-bond donors (Lipinski definition) is 2. The average Bonchev–Trinajstić information content (AvgIpc) is 2.85. The molecule has 0 aliphatic heterocycles. The second-order valence-electron chi connectivity index (χ2n) is 4.59. The summed E-state index contributed by atoms with van der Waals surface area (Å²) in [5, 5.41) is 0.262. The molecule has 1 aromatic carbocycles. The minimum atomic E-state index is -3.73. The van der Waals surface area contributed by atoms with Crippen LogP contribution in [0.25, 0.3) is 0 Å². The molecule has 0 bridgehead atoms. The fraction of sp³-hybridized carbons (Fsp3) is 0.250. The van der Waals surface area contributed by atoms with E-state index in [0.29, 0.717) is 11.0 Å². The van der Waals surface area contributed by atoms with Gasteiger partial charge in [-0.05, 0) is 35.0 Å². The minimum Gasteiger partial charge on any atom is -0.398 e. The lowest BCUT2D eigenvalue weighted by molar-refractivity contribution is 0.520. The third-order valence-corrected chi connectivity index (χ3v) is 5.70. The summed E-state index contributed by atoms with van der Waals surface area (Å²) in [6.07, 6.45) is 5.02. The maximum Gasteiger partial charge on any atom is 0.242 e. The molecule has 21 heavy (non-hydrogen) atoms. The standard InChI is InChI=1S/C12H14BrClN4O2S/c1-8(6-18-3-2-16-7-18)17-21(19,20)11-5-9(14)4-10(15)12(11)13/h2-5,7-8,17H,6,15H2,1H3. The van der Waals surface area contributed by atoms with Crippen molar-refractivity contribution in [1.82, 2.24) is 14.3 Å². The van der Waals surface area contributed by atoms with E-state index in [-0.39, 0.29) is 21.6 Å². The summed E-state index contributed by atoms with van der Waals surface area (Å²) in [6, 6.07) is 2.52. The van der Waals surface area contributed by atoms with E-state index in [1.807, 2.05) is 0 Å². The van der Waals surface area contributed by atoms with E-state index in [0.717, 1.165) is 0 Å². The molecule has 1 unspecified atom stereocenters. The topological polar surface area (TPSA) is 90.0 Å². The Labute approximate surface area is 136 Å². The molecule has 114 valence electrons. The van der Waals surface area contributed by atoms with Crippen LogP contribution in [0.5, 0.6) is 0 Å². The Bertz CT molecular complexity index is 734. The highest BCUT2D eigenvalue weighted by atomic mass is 79.9. The maximum absolute atomic E-state index is 12.4. The summed E-state index contributed by atoms with van der Waals surface area (Å²) in [7, 11) is -3.73. The Morgan fingerprint density at radius 2 is 2.24 bits per heavy atom. The molecular formula is C12H14BrClN4O2S. The third kappa shape index (κ3) is 3.97. The zero-order valence-electron chi connectivity index (χ0n) is 11.1. The summed E-state index contributed by atoms with van der Waals surface area (Å²) in [5.41, 5.74) is 5.99. The van der Waals surface area contributed by atoms with Crippen LogP contribution < -0.4 is 10.5 Å². The highest BCUT2D eigenvalue weighted by molar-refractivity contribution is 9.10. The van der Waals surface area contributed by atoms with Crippen molar-refractivity contribution >= 4 is 43.2 Å². The van der Waals surface area contributed by atoms with Crippen LogP contribution in [0.2, 0.25) is 5.02 Å². The van der Waals surface area contributed by atoms with E-state index >= 15 is 0 Å². The zero-order chi connectivity index (χ0) is 15.6. The first-order valence-electron chi connectivity index (χ1n) is 6.02. The molecule has 3 N–H and O–H groups in total. The van der Waals surface area contributed by atoms with Crippen molar-refractivity contribution in [2.45, 2.75) is 24.4 Å². The molecule has 0 aliphatic carbocycles. The fourth-order valence-electron chi connectivity index (χ4n) is 1.86. The Morgan fingerprint density at radius 3 is 2.86 bits per heavy atom. The molecule has 9 heteroatoms. The van der Waals surface area contributed by atoms with Crippen LogP contribution >= 0.6 is 27.5 Å². The monoisotopic (exact) mass is 392 g/mol. The number of aromatic nitrogens is 2. The number of sulfonamides is 1. The largest absolute Gasteiger partial charge is 0.398 e. The van der Waals surface area contributed by atoms with Crippen molar-refractivity contribution in [3.63, 3.8) is 0 Å². The molecule has 0 fully saturated rings. The molecule has 1 heterocycles. The van der Waals surface area contributed by atoms with Crippen molar-refractivity contribution in [3.8, 4) is 0 Å². The zero-order valence-corrected chi connectivity index (χ0v) is 14.3. The van der Waals surface area contributed by atoms with Gasteiger partial charge in [0.1, 0.15) is 0 Å². The van der Waals surface area contributed by atoms with Gasteiger partial charge in [0.15, 0.2) is 0 Å². The smallest absolute Gasteiger partial charge is 0.242 e. The molecular weight excluding hydrogens is 380 g/mol. The molecule has 1 atom stereocenters. The molecule has 0 amide bonds. The third-order valence-electron chi connectivity index (χ3n) is 2.72. The van der Waals surface area contributed by atoms with Crippen LogP contribution in [0.4, 0.5) is 5.69 Å². The first-order chi connectivity index (χ1) is 9.79. The number of benzene rings is 1. The van der Waals surface area contributed by atoms with E-state index in [1.165, 1.54) is 12.1 Å². The van der Waals surface area contributed by atoms with E-state index < -0.39 is 10.0 Å². The van der Waals surface area contributed by atoms with Crippen LogP contribution in [0.15, 0.2) is 40.2 Å². The minimum absolute atomic E-state index is 0.0185. The van der Waals surface area contributed by atoms with Crippen molar-refractivity contribution < 1.29 is 8.42 Å². The summed E-state index contributed by atoms with van der Waals surface area (Å²) in [6.45, 7) is 2.23. The van der Waals surface area contributed by atoms with Crippen LogP contribution in [-0.2, 0) is 16.6 Å². The first kappa shape index (κ1) is 16.3. The molecule has 0 aliphatic rings. The lowest BCUT2D eigenvalue weighted by Gasteiger charge is -2.16. The number of rotatable bonds is 5. The number of halogens is 2. The lowest BCUT2D eigenvalue weighted by atomic mass is 10.3. The highest BCUT2D eigenvalue weighted by Gasteiger charge is 2.22. The van der Waals surface area contributed by atoms with E-state index in [2.05, 4.69) is 25.6 Å². The summed E-state index contributed by atoms with van der Waals surface area (Å²) < 4.78 is 29.5. The first-order valence-corrected chi connectivity index (χ1v) is 8.67. The number of nitrogens with two attached hydrogens (primary N) is 1. The predicted octanol–water partition coefficient (Wildman–Crippen LogP) is 2.25. The molecule has 0 saturated heterocycles. The SMILES string of the molecule is CC(Cn1ccnc1)NS(=O)(=O)c1cc(Cl)cc(N)c1Br. The Kier molecular flexibility index (Phi) is 4.92. The van der Waals surface area contributed by atoms with Gasteiger partial charge in [-0.3, -0.25) is 0 Å². The lowest BCUT2D eigenvalue weighted by Crippen LogP contribution is -2.35. The van der Waals surface area contributed by atoms with Crippen LogP contribution in [-0.4, -0.2) is 24.0 Å². The second kappa shape index (κ2) is 6.35. The van der Waals surface area contributed by atoms with Crippen LogP contribution in [0.1, 0.15) is 6.92 Å². The molecule has 0 spiro atoms. The fourth-order valence-corrected chi connectivity index (χ4v) is 4.38. The Balaban J connectivity index is 2.22. The second-order valence-corrected chi connectivity index (χ2v) is 7.50. The molecule has 0 saturated carbocycles. The molecule has 0 radical (unpaired) electrons. The molecule has 6 nitrogen and oxygen atoms in total. The summed E-state index contributed by atoms with van der Waals surface area (Å²) in [4.78, 5) is 3.93. The van der Waals surface area contributed by atoms with E-state index in [9.17, 15) is 8.42 Å². The van der Waals surface area contributed by atoms with Crippen LogP contribution in [0.3, 0.4) is 0 Å². The Hall–Kier alpha value is -1.09. The molecule has 1 aromatic heterocycles. The predicted molar refractivity (Wildman–Crippen MR) is 85.6 cm³/mol. The maximum atomic E-state index is 12.4. The summed E-state index contributed by atoms with van der Waals surface area (Å²) >= 11 is 9.06. The van der Waals surface area contributed by atoms with Gasteiger partial charge < -0.3 is 10.3 Å². The van der Waals surface area contributed by atoms with Gasteiger partial charge >= 0.3 is 0 Å². The van der Waals surface area contributed by atoms with Gasteiger partial charge in [0, 0.05) is 35.7 Å². The average molecular weight is 394 g/mol. The highest BCUT2D eigenvalue weighted by Crippen LogP contribution is 2.31. The number of nitrogens with one attached hydrogen (secondary N) is 1. The van der Waals surface area contributed by atoms with Gasteiger partial charge in [0.25, 0.3) is 0 Å². The van der Waals surface area contributed by atoms with E-state index in [4.69, 9.17) is 17.3 Å². The van der Waals surface area contributed by atoms with Crippen molar-refractivity contribution in [2.75, 3.05) is 5.73 Å². The van der Waals surface area contributed by atoms with Gasteiger partial charge in [0.05, 0.1) is 15.7 Å². The van der Waals surface area contributed by atoms with E-state index in [1.54, 1.807) is 30.2 Å². The number of imidazole rings is 1. The van der Waals surface area contributed by atoms with Crippen molar-refractivity contribution in [1.29, 1.82) is 0 Å². The quantitative estimate of drug-likeness (QED) is 0.762. The number of nitrogen functional groups attached to an aromatic ring is 1. The number of hydrogen-bond acceptors (Lipinski definition) is 4. The van der Waals surface area contributed by atoms with Crippen LogP contribution in [0, 0.1) is 0 Å². The molecule has 2 aromatic rings. The normalized spacial score (nSPS) is 13.3. The van der Waals surface area contributed by atoms with Crippen molar-refractivity contribution in [3.05, 3.63) is 40.3 Å². The van der Waals surface area contributed by atoms with Gasteiger partial charge in [-0.1, -0.05) is 11.6 Å². The van der Waals surface area contributed by atoms with Crippen molar-refractivity contribution in [2.24, 2.45) is 0 Å². The van der Waals surface area contributed by atoms with Gasteiger partial charge in [-0.2, -0.15) is 0 Å². The Morgan fingerprint density at radius 1 is 1.52 bits per heavy atom.